The molecule has 13 nitrogen and oxygen atoms in total. The van der Waals surface area contributed by atoms with Crippen LogP contribution in [0.2, 0.25) is 0 Å². The molecule has 4 heterocycles. The number of likely N-dealkylation sites (tertiary alicyclic amines) is 1. The number of nitrogens with zero attached hydrogens (tertiary/aromatic N) is 4. The third-order valence-electron chi connectivity index (χ3n) is 13.2. The number of alkyl carbamates (subject to hydrolysis) is 1. The second-order valence-electron chi connectivity index (χ2n) is 17.0. The van der Waals surface area contributed by atoms with Gasteiger partial charge in [0.25, 0.3) is 0 Å². The minimum absolute atomic E-state index is 0.0300. The summed E-state index contributed by atoms with van der Waals surface area (Å²) in [7, 11) is 1.29. The Kier molecular flexibility index (Phi) is 9.66. The number of nitrogens with one attached hydrogen (secondary N) is 4. The first kappa shape index (κ1) is 37.7. The van der Waals surface area contributed by atoms with Crippen LogP contribution in [0.4, 0.5) is 4.79 Å². The molecule has 2 saturated carbocycles. The second-order valence-corrected chi connectivity index (χ2v) is 17.0. The number of aromatic amines is 2. The second kappa shape index (κ2) is 14.8. The summed E-state index contributed by atoms with van der Waals surface area (Å²) >= 11 is 0. The molecular weight excluding hydrogens is 733 g/mol. The van der Waals surface area contributed by atoms with E-state index in [1.54, 1.807) is 23.5 Å². The van der Waals surface area contributed by atoms with Crippen molar-refractivity contribution in [2.24, 2.45) is 23.7 Å². The lowest BCUT2D eigenvalue weighted by atomic mass is 9.78. The molecule has 3 amide bonds. The highest BCUT2D eigenvalue weighted by molar-refractivity contribution is 5.87. The van der Waals surface area contributed by atoms with Crippen LogP contribution in [-0.4, -0.2) is 72.5 Å². The lowest BCUT2D eigenvalue weighted by molar-refractivity contribution is -0.135. The molecule has 3 fully saturated rings. The number of carbonyl (C=O) groups excluding carboxylic acids is 3. The maximum absolute atomic E-state index is 13.7. The zero-order valence-electron chi connectivity index (χ0n) is 33.3. The van der Waals surface area contributed by atoms with Gasteiger partial charge in [-0.05, 0) is 114 Å². The van der Waals surface area contributed by atoms with Gasteiger partial charge in [-0.1, -0.05) is 44.2 Å². The third kappa shape index (κ3) is 6.54. The molecule has 3 aliphatic carbocycles. The van der Waals surface area contributed by atoms with E-state index in [-0.39, 0.29) is 35.6 Å². The number of pyridine rings is 1. The van der Waals surface area contributed by atoms with E-state index in [1.165, 1.54) is 7.11 Å². The van der Waals surface area contributed by atoms with Gasteiger partial charge in [-0.15, -0.1) is 0 Å². The van der Waals surface area contributed by atoms with Crippen molar-refractivity contribution in [2.45, 2.75) is 83.0 Å². The highest BCUT2D eigenvalue weighted by Crippen LogP contribution is 2.56. The van der Waals surface area contributed by atoms with E-state index in [1.807, 2.05) is 63.4 Å². The number of hydrogen-bond acceptors (Lipinski definition) is 8. The fourth-order valence-electron chi connectivity index (χ4n) is 10.2. The average molecular weight is 783 g/mol. The highest BCUT2D eigenvalue weighted by Gasteiger charge is 2.52. The predicted molar refractivity (Wildman–Crippen MR) is 217 cm³/mol. The summed E-state index contributed by atoms with van der Waals surface area (Å²) in [6.45, 7) is 6.65. The molecule has 1 aliphatic heterocycles. The number of rotatable bonds is 10. The van der Waals surface area contributed by atoms with Crippen molar-refractivity contribution in [3.05, 3.63) is 102 Å². The molecule has 13 heteroatoms. The van der Waals surface area contributed by atoms with E-state index in [4.69, 9.17) is 14.7 Å². The number of amides is 3. The van der Waals surface area contributed by atoms with Gasteiger partial charge >= 0.3 is 6.09 Å². The van der Waals surface area contributed by atoms with Gasteiger partial charge in [0, 0.05) is 31.4 Å². The molecule has 0 radical (unpaired) electrons. The minimum Gasteiger partial charge on any atom is -0.453 e. The van der Waals surface area contributed by atoms with Crippen molar-refractivity contribution < 1.29 is 24.2 Å². The van der Waals surface area contributed by atoms with Gasteiger partial charge in [-0.2, -0.15) is 0 Å². The molecule has 9 rings (SSSR count). The van der Waals surface area contributed by atoms with Crippen LogP contribution in [0, 0.1) is 23.7 Å². The summed E-state index contributed by atoms with van der Waals surface area (Å²) in [5, 5.41) is 18.1. The smallest absolute Gasteiger partial charge is 0.407 e. The van der Waals surface area contributed by atoms with Crippen LogP contribution in [0.5, 0.6) is 0 Å². The molecule has 2 bridgehead atoms. The number of fused-ring (bicyclic) bond motifs is 5. The third-order valence-corrected chi connectivity index (χ3v) is 13.2. The number of methoxy groups -OCH3 is 1. The van der Waals surface area contributed by atoms with Gasteiger partial charge in [-0.25, -0.2) is 14.8 Å². The first-order chi connectivity index (χ1) is 28.0. The number of aromatic nitrogens is 5. The van der Waals surface area contributed by atoms with Crippen LogP contribution in [0.15, 0.2) is 73.3 Å². The molecule has 4 unspecified atom stereocenters. The number of carbonyl (C=O) groups is 3. The van der Waals surface area contributed by atoms with Gasteiger partial charge in [0.1, 0.15) is 23.3 Å². The number of H-pyrrole nitrogens is 2. The summed E-state index contributed by atoms with van der Waals surface area (Å²) in [6, 6.07) is 15.2. The summed E-state index contributed by atoms with van der Waals surface area (Å²) in [4.78, 5) is 62.0. The molecule has 58 heavy (non-hydrogen) atoms. The Morgan fingerprint density at radius 3 is 2.26 bits per heavy atom. The Morgan fingerprint density at radius 2 is 1.60 bits per heavy atom. The quantitative estimate of drug-likeness (QED) is 0.105. The van der Waals surface area contributed by atoms with Crippen molar-refractivity contribution in [3.63, 3.8) is 0 Å². The van der Waals surface area contributed by atoms with E-state index in [0.717, 1.165) is 88.3 Å². The number of hydrogen-bond donors (Lipinski definition) is 5. The SMILES string of the molecule is COC(=O)N[C@H](C(=O)N1CCC[C@H]1c1ncc(-c2ccc3c(c2)[C@@](C)(O)c2cc(-c4cnc(C5C6CCC(C6)C5C(=O)NCc5cccnc5)[nH]4)ccc2-3)[nH]1)C(C)C. The molecule has 0 spiro atoms. The standard InChI is InChI=1S/C45H50N8O5/c1-24(2)39(52-44(56)58-4)43(55)53-16-6-8-36(53)40-47-22-34(50-40)26-11-13-30-31-14-12-27(19-33(31)45(3,57)32(30)18-26)35-23-48-41(51-35)37-28-9-10-29(17-28)38(37)42(54)49-21-25-7-5-15-46-20-25/h5,7,11-15,18-20,22-24,28-29,36-39,57H,6,8-10,16-17,21H2,1-4H3,(H,47,50)(H,48,51)(H,49,54)(H,52,56)/t28?,29?,36-,37?,38?,39-,45+/m0/s1. The van der Waals surface area contributed by atoms with Crippen LogP contribution in [0.1, 0.15) is 93.2 Å². The van der Waals surface area contributed by atoms with Gasteiger partial charge < -0.3 is 35.3 Å². The van der Waals surface area contributed by atoms with Crippen molar-refractivity contribution in [1.29, 1.82) is 0 Å². The average Bonchev–Trinajstić information content (AvgIpc) is 4.10. The zero-order chi connectivity index (χ0) is 40.3. The molecule has 1 saturated heterocycles. The summed E-state index contributed by atoms with van der Waals surface area (Å²) in [5.74, 6) is 2.00. The first-order valence-electron chi connectivity index (χ1n) is 20.5. The van der Waals surface area contributed by atoms with Crippen molar-refractivity contribution in [3.8, 4) is 33.6 Å². The predicted octanol–water partition coefficient (Wildman–Crippen LogP) is 6.59. The summed E-state index contributed by atoms with van der Waals surface area (Å²) < 4.78 is 4.78. The first-order valence-corrected chi connectivity index (χ1v) is 20.5. The van der Waals surface area contributed by atoms with Crippen LogP contribution >= 0.6 is 0 Å². The molecule has 7 atom stereocenters. The van der Waals surface area contributed by atoms with E-state index in [2.05, 4.69) is 37.7 Å². The maximum Gasteiger partial charge on any atom is 0.407 e. The molecule has 4 aliphatic rings. The van der Waals surface area contributed by atoms with Gasteiger partial charge in [0.2, 0.25) is 11.8 Å². The summed E-state index contributed by atoms with van der Waals surface area (Å²) in [6.07, 6.45) is 11.3. The number of ether oxygens (including phenoxy) is 1. The van der Waals surface area contributed by atoms with Crippen molar-refractivity contribution >= 4 is 17.9 Å². The molecule has 300 valence electrons. The molecule has 5 aromatic rings. The Hall–Kier alpha value is -5.82. The Morgan fingerprint density at radius 1 is 0.931 bits per heavy atom. The molecule has 3 aromatic heterocycles. The minimum atomic E-state index is -1.27. The van der Waals surface area contributed by atoms with Crippen LogP contribution < -0.4 is 10.6 Å². The topological polar surface area (TPSA) is 178 Å². The summed E-state index contributed by atoms with van der Waals surface area (Å²) in [5.41, 5.74) is 6.69. The van der Waals surface area contributed by atoms with Crippen LogP contribution in [0.3, 0.4) is 0 Å². The van der Waals surface area contributed by atoms with Crippen molar-refractivity contribution in [2.75, 3.05) is 13.7 Å². The molecular formula is C45H50N8O5. The number of aliphatic hydroxyl groups is 1. The van der Waals surface area contributed by atoms with Gasteiger partial charge in [0.15, 0.2) is 0 Å². The highest BCUT2D eigenvalue weighted by atomic mass is 16.5. The molecule has 5 N–H and O–H groups in total. The fraction of sp³-hybridized carbons (Fsp3) is 0.422. The maximum atomic E-state index is 13.7. The lowest BCUT2D eigenvalue weighted by Gasteiger charge is -2.30. The van der Waals surface area contributed by atoms with Gasteiger partial charge in [0.05, 0.1) is 42.9 Å². The largest absolute Gasteiger partial charge is 0.453 e. The Balaban J connectivity index is 0.928. The normalized spacial score (nSPS) is 24.8. The number of benzene rings is 2. The van der Waals surface area contributed by atoms with E-state index in [0.29, 0.717) is 30.7 Å². The monoisotopic (exact) mass is 782 g/mol. The zero-order valence-corrected chi connectivity index (χ0v) is 33.3. The van der Waals surface area contributed by atoms with Crippen LogP contribution in [0.25, 0.3) is 33.6 Å². The van der Waals surface area contributed by atoms with E-state index < -0.39 is 17.7 Å². The van der Waals surface area contributed by atoms with Crippen LogP contribution in [-0.2, 0) is 26.5 Å². The molecule has 2 aromatic carbocycles. The van der Waals surface area contributed by atoms with E-state index >= 15 is 0 Å². The lowest BCUT2D eigenvalue weighted by Crippen LogP contribution is -2.51. The Labute approximate surface area is 337 Å². The van der Waals surface area contributed by atoms with E-state index in [9.17, 15) is 19.5 Å². The number of imidazole rings is 2. The fourth-order valence-corrected chi connectivity index (χ4v) is 10.2. The van der Waals surface area contributed by atoms with Crippen molar-refractivity contribution in [1.82, 2.24) is 40.5 Å². The van der Waals surface area contributed by atoms with Gasteiger partial charge in [-0.3, -0.25) is 14.6 Å². The Bertz CT molecular complexity index is 2370.